The molecule has 1 atom stereocenters. The maximum Gasteiger partial charge on any atom is 0.338 e. The highest BCUT2D eigenvalue weighted by atomic mass is 127. The number of carbonyl (C=O) groups is 1. The van der Waals surface area contributed by atoms with Crippen molar-refractivity contribution in [2.24, 2.45) is 0 Å². The molecule has 2 rings (SSSR count). The molecule has 0 saturated carbocycles. The molecule has 3 nitrogen and oxygen atoms in total. The summed E-state index contributed by atoms with van der Waals surface area (Å²) in [5.41, 5.74) is 1.72. The molecule has 1 heterocycles. The Kier molecular flexibility index (Phi) is 3.37. The number of esters is 1. The van der Waals surface area contributed by atoms with Gasteiger partial charge < -0.3 is 9.47 Å². The zero-order valence-electron chi connectivity index (χ0n) is 9.25. The summed E-state index contributed by atoms with van der Waals surface area (Å²) in [7, 11) is 0. The fourth-order valence-electron chi connectivity index (χ4n) is 1.76. The third-order valence-corrected chi connectivity index (χ3v) is 3.39. The Morgan fingerprint density at radius 3 is 3.06 bits per heavy atom. The van der Waals surface area contributed by atoms with E-state index in [-0.39, 0.29) is 5.97 Å². The Labute approximate surface area is 108 Å². The van der Waals surface area contributed by atoms with Gasteiger partial charge in [-0.05, 0) is 41.6 Å². The lowest BCUT2D eigenvalue weighted by Gasteiger charge is -2.07. The van der Waals surface area contributed by atoms with Crippen LogP contribution in [0, 0.1) is 3.57 Å². The van der Waals surface area contributed by atoms with Crippen LogP contribution in [0.4, 0.5) is 0 Å². The van der Waals surface area contributed by atoms with Crippen molar-refractivity contribution in [1.82, 2.24) is 0 Å². The van der Waals surface area contributed by atoms with E-state index >= 15 is 0 Å². The summed E-state index contributed by atoms with van der Waals surface area (Å²) >= 11 is 2.19. The average Bonchev–Trinajstić information content (AvgIpc) is 2.61. The molecule has 0 radical (unpaired) electrons. The maximum absolute atomic E-state index is 11.6. The molecule has 1 unspecified atom stereocenters. The Bertz CT molecular complexity index is 429. The molecule has 1 aromatic carbocycles. The molecule has 16 heavy (non-hydrogen) atoms. The quantitative estimate of drug-likeness (QED) is 0.617. The molecule has 1 aliphatic heterocycles. The van der Waals surface area contributed by atoms with Crippen LogP contribution in [0.1, 0.15) is 35.7 Å². The molecule has 0 bridgehead atoms. The van der Waals surface area contributed by atoms with Crippen molar-refractivity contribution in [2.45, 2.75) is 19.8 Å². The summed E-state index contributed by atoms with van der Waals surface area (Å²) < 4.78 is 11.5. The van der Waals surface area contributed by atoms with Crippen LogP contribution in [0.3, 0.4) is 0 Å². The van der Waals surface area contributed by atoms with E-state index in [1.165, 1.54) is 0 Å². The minimum atomic E-state index is -0.262. The summed E-state index contributed by atoms with van der Waals surface area (Å²) in [6.07, 6.45) is 0. The van der Waals surface area contributed by atoms with Gasteiger partial charge >= 0.3 is 5.97 Å². The molecule has 1 aliphatic rings. The number of fused-ring (bicyclic) bond motifs is 1. The van der Waals surface area contributed by atoms with Crippen LogP contribution >= 0.6 is 22.6 Å². The van der Waals surface area contributed by atoms with E-state index in [9.17, 15) is 4.79 Å². The number of carbonyl (C=O) groups excluding carboxylic acids is 1. The third kappa shape index (κ3) is 2.03. The fourth-order valence-corrected chi connectivity index (χ4v) is 2.57. The van der Waals surface area contributed by atoms with Crippen molar-refractivity contribution < 1.29 is 14.3 Å². The smallest absolute Gasteiger partial charge is 0.338 e. The van der Waals surface area contributed by atoms with E-state index in [0.29, 0.717) is 24.7 Å². The predicted molar refractivity (Wildman–Crippen MR) is 69.0 cm³/mol. The van der Waals surface area contributed by atoms with E-state index in [2.05, 4.69) is 29.5 Å². The molecule has 86 valence electrons. The van der Waals surface area contributed by atoms with Gasteiger partial charge in [0.15, 0.2) is 0 Å². The largest absolute Gasteiger partial charge is 0.492 e. The molecule has 1 aromatic rings. The first-order valence-corrected chi connectivity index (χ1v) is 6.34. The van der Waals surface area contributed by atoms with Gasteiger partial charge in [0.25, 0.3) is 0 Å². The van der Waals surface area contributed by atoms with Crippen LogP contribution in [0.2, 0.25) is 0 Å². The zero-order valence-corrected chi connectivity index (χ0v) is 11.4. The van der Waals surface area contributed by atoms with E-state index < -0.39 is 0 Å². The van der Waals surface area contributed by atoms with Gasteiger partial charge in [-0.2, -0.15) is 0 Å². The number of hydrogen-bond donors (Lipinski definition) is 0. The Balaban J connectivity index is 2.40. The van der Waals surface area contributed by atoms with Gasteiger partial charge in [-0.15, -0.1) is 0 Å². The topological polar surface area (TPSA) is 35.5 Å². The van der Waals surface area contributed by atoms with E-state index in [1.807, 2.05) is 19.1 Å². The van der Waals surface area contributed by atoms with Crippen LogP contribution in [-0.2, 0) is 4.74 Å². The molecule has 4 heteroatoms. The Morgan fingerprint density at radius 1 is 1.62 bits per heavy atom. The van der Waals surface area contributed by atoms with Gasteiger partial charge in [-0.1, -0.05) is 6.92 Å². The van der Waals surface area contributed by atoms with Gasteiger partial charge in [0, 0.05) is 11.5 Å². The molecule has 0 aromatic heterocycles. The van der Waals surface area contributed by atoms with Crippen molar-refractivity contribution in [1.29, 1.82) is 0 Å². The Morgan fingerprint density at radius 2 is 2.38 bits per heavy atom. The van der Waals surface area contributed by atoms with Crippen LogP contribution < -0.4 is 4.74 Å². The highest BCUT2D eigenvalue weighted by Gasteiger charge is 2.24. The van der Waals surface area contributed by atoms with Crippen LogP contribution in [0.5, 0.6) is 5.75 Å². The highest BCUT2D eigenvalue weighted by Crippen LogP contribution is 2.38. The SMILES string of the molecule is CCOC(=O)c1cc(I)c2c(c1)C(C)CO2. The summed E-state index contributed by atoms with van der Waals surface area (Å²) in [6.45, 7) is 5.00. The lowest BCUT2D eigenvalue weighted by molar-refractivity contribution is 0.0526. The standard InChI is InChI=1S/C12H13IO3/c1-3-15-12(14)8-4-9-7(2)6-16-11(9)10(13)5-8/h4-5,7H,3,6H2,1-2H3. The van der Waals surface area contributed by atoms with Crippen LogP contribution in [-0.4, -0.2) is 19.2 Å². The fraction of sp³-hybridized carbons (Fsp3) is 0.417. The monoisotopic (exact) mass is 332 g/mol. The molecule has 0 N–H and O–H groups in total. The summed E-state index contributed by atoms with van der Waals surface area (Å²) in [5.74, 6) is 1.00. The van der Waals surface area contributed by atoms with E-state index in [4.69, 9.17) is 9.47 Å². The Hall–Kier alpha value is -0.780. The molecular formula is C12H13IO3. The first kappa shape index (κ1) is 11.7. The van der Waals surface area contributed by atoms with Crippen molar-refractivity contribution in [3.63, 3.8) is 0 Å². The lowest BCUT2D eigenvalue weighted by Crippen LogP contribution is -2.05. The molecular weight excluding hydrogens is 319 g/mol. The molecule has 0 fully saturated rings. The predicted octanol–water partition coefficient (Wildman–Crippen LogP) is 2.96. The number of benzene rings is 1. The summed E-state index contributed by atoms with van der Waals surface area (Å²) in [4.78, 5) is 11.6. The van der Waals surface area contributed by atoms with Gasteiger partial charge in [0.1, 0.15) is 5.75 Å². The number of ether oxygens (including phenoxy) is 2. The highest BCUT2D eigenvalue weighted by molar-refractivity contribution is 14.1. The second-order valence-electron chi connectivity index (χ2n) is 3.81. The second-order valence-corrected chi connectivity index (χ2v) is 4.97. The van der Waals surface area contributed by atoms with Crippen molar-refractivity contribution >= 4 is 28.6 Å². The van der Waals surface area contributed by atoms with Crippen molar-refractivity contribution in [3.8, 4) is 5.75 Å². The molecule has 0 aliphatic carbocycles. The maximum atomic E-state index is 11.6. The average molecular weight is 332 g/mol. The molecule has 0 saturated heterocycles. The third-order valence-electron chi connectivity index (χ3n) is 2.59. The number of rotatable bonds is 2. The first-order valence-electron chi connectivity index (χ1n) is 5.26. The minimum Gasteiger partial charge on any atom is -0.492 e. The molecule has 0 amide bonds. The zero-order chi connectivity index (χ0) is 11.7. The van der Waals surface area contributed by atoms with Gasteiger partial charge in [0.2, 0.25) is 0 Å². The number of hydrogen-bond acceptors (Lipinski definition) is 3. The summed E-state index contributed by atoms with van der Waals surface area (Å²) in [6, 6.07) is 3.70. The minimum absolute atomic E-state index is 0.262. The number of halogens is 1. The van der Waals surface area contributed by atoms with E-state index in [1.54, 1.807) is 0 Å². The molecule has 0 spiro atoms. The van der Waals surface area contributed by atoms with Crippen LogP contribution in [0.25, 0.3) is 0 Å². The second kappa shape index (κ2) is 4.61. The van der Waals surface area contributed by atoms with E-state index in [0.717, 1.165) is 14.9 Å². The first-order chi connectivity index (χ1) is 7.63. The van der Waals surface area contributed by atoms with Crippen LogP contribution in [0.15, 0.2) is 12.1 Å². The lowest BCUT2D eigenvalue weighted by atomic mass is 10.0. The van der Waals surface area contributed by atoms with Gasteiger partial charge in [0.05, 0.1) is 22.3 Å². The van der Waals surface area contributed by atoms with Crippen molar-refractivity contribution in [2.75, 3.05) is 13.2 Å². The normalized spacial score (nSPS) is 17.8. The van der Waals surface area contributed by atoms with Crippen molar-refractivity contribution in [3.05, 3.63) is 26.8 Å². The van der Waals surface area contributed by atoms with Gasteiger partial charge in [-0.3, -0.25) is 0 Å². The summed E-state index contributed by atoms with van der Waals surface area (Å²) in [5, 5.41) is 0. The van der Waals surface area contributed by atoms with Gasteiger partial charge in [-0.25, -0.2) is 4.79 Å².